The first kappa shape index (κ1) is 32.5. The van der Waals surface area contributed by atoms with Gasteiger partial charge < -0.3 is 14.9 Å². The average Bonchev–Trinajstić information content (AvgIpc) is 3.80. The van der Waals surface area contributed by atoms with Crippen LogP contribution in [0.25, 0.3) is 6.08 Å². The maximum atomic E-state index is 9.08. The van der Waals surface area contributed by atoms with E-state index in [0.29, 0.717) is 6.10 Å². The molecule has 2 atom stereocenters. The molecular weight excluding hydrogens is 408 g/mol. The summed E-state index contributed by atoms with van der Waals surface area (Å²) in [6.45, 7) is 16.3. The van der Waals surface area contributed by atoms with Gasteiger partial charge in [-0.25, -0.2) is 0 Å². The van der Waals surface area contributed by atoms with Crippen LogP contribution in [0.15, 0.2) is 97.6 Å². The molecule has 3 heteroatoms. The number of ether oxygens (including phenoxy) is 1. The normalized spacial score (nSPS) is 13.0. The Hall–Kier alpha value is -2.72. The highest BCUT2D eigenvalue weighted by atomic mass is 16.6. The Balaban J connectivity index is 0. The summed E-state index contributed by atoms with van der Waals surface area (Å²) in [5, 5.41) is 17.6. The van der Waals surface area contributed by atoms with Crippen molar-refractivity contribution in [2.45, 2.75) is 53.8 Å². The minimum atomic E-state index is -0.735. The van der Waals surface area contributed by atoms with Crippen molar-refractivity contribution in [3.63, 3.8) is 0 Å². The highest BCUT2D eigenvalue weighted by Crippen LogP contribution is 2.28. The summed E-state index contributed by atoms with van der Waals surface area (Å²) in [7, 11) is 0. The Morgan fingerprint density at radius 3 is 1.52 bits per heavy atom. The zero-order valence-corrected chi connectivity index (χ0v) is 21.3. The van der Waals surface area contributed by atoms with Crippen LogP contribution in [0, 0.1) is 0 Å². The van der Waals surface area contributed by atoms with Crippen molar-refractivity contribution >= 4 is 6.08 Å². The molecular formula is C30H44O3. The number of hydrogen-bond acceptors (Lipinski definition) is 3. The fourth-order valence-corrected chi connectivity index (χ4v) is 2.28. The van der Waals surface area contributed by atoms with Crippen LogP contribution in [-0.2, 0) is 4.74 Å². The Morgan fingerprint density at radius 1 is 0.788 bits per heavy atom. The van der Waals surface area contributed by atoms with Crippen LogP contribution in [0.3, 0.4) is 0 Å². The van der Waals surface area contributed by atoms with Gasteiger partial charge in [0.25, 0.3) is 0 Å². The van der Waals surface area contributed by atoms with Crippen LogP contribution in [0.2, 0.25) is 0 Å². The van der Waals surface area contributed by atoms with Crippen molar-refractivity contribution in [1.82, 2.24) is 0 Å². The van der Waals surface area contributed by atoms with Crippen LogP contribution < -0.4 is 0 Å². The standard InChI is InChI=1S/C8H10O2.C8H8O.C8H8.3C2H6/c9-6-8(10)7-4-2-1-3-5-7;1-2-4-7(5-3-1)8-6-9-8;1-2-8-6-4-3-5-7-8;3*1-2/h1-5,8-10H,6H2;1-5,8H,6H2;2-7H,1H2;3*1-2H3/t2*8-;;;;/m11..../s1. The van der Waals surface area contributed by atoms with E-state index in [2.05, 4.69) is 18.7 Å². The first-order valence-electron chi connectivity index (χ1n) is 11.9. The van der Waals surface area contributed by atoms with E-state index in [1.54, 1.807) is 12.1 Å². The largest absolute Gasteiger partial charge is 0.393 e. The number of benzene rings is 3. The van der Waals surface area contributed by atoms with Crippen molar-refractivity contribution in [2.24, 2.45) is 0 Å². The molecule has 182 valence electrons. The van der Waals surface area contributed by atoms with Crippen LogP contribution in [0.1, 0.15) is 70.4 Å². The summed E-state index contributed by atoms with van der Waals surface area (Å²) in [5.41, 5.74) is 3.23. The summed E-state index contributed by atoms with van der Waals surface area (Å²) >= 11 is 0. The van der Waals surface area contributed by atoms with E-state index in [0.717, 1.165) is 12.2 Å². The third kappa shape index (κ3) is 16.6. The third-order valence-electron chi connectivity index (χ3n) is 3.90. The fourth-order valence-electron chi connectivity index (χ4n) is 2.28. The van der Waals surface area contributed by atoms with E-state index in [1.165, 1.54) is 11.1 Å². The van der Waals surface area contributed by atoms with E-state index < -0.39 is 6.10 Å². The minimum Gasteiger partial charge on any atom is -0.393 e. The third-order valence-corrected chi connectivity index (χ3v) is 3.90. The predicted octanol–water partition coefficient (Wildman–Crippen LogP) is 7.88. The van der Waals surface area contributed by atoms with Crippen molar-refractivity contribution in [2.75, 3.05) is 13.2 Å². The second kappa shape index (κ2) is 23.9. The van der Waals surface area contributed by atoms with Gasteiger partial charge in [0.15, 0.2) is 0 Å². The number of hydrogen-bond donors (Lipinski definition) is 2. The average molecular weight is 453 g/mol. The van der Waals surface area contributed by atoms with Gasteiger partial charge >= 0.3 is 0 Å². The Kier molecular flexibility index (Phi) is 23.5. The molecule has 33 heavy (non-hydrogen) atoms. The molecule has 1 aliphatic rings. The van der Waals surface area contributed by atoms with Gasteiger partial charge in [0.2, 0.25) is 0 Å². The van der Waals surface area contributed by atoms with E-state index >= 15 is 0 Å². The van der Waals surface area contributed by atoms with Crippen molar-refractivity contribution in [3.8, 4) is 0 Å². The Morgan fingerprint density at radius 2 is 1.18 bits per heavy atom. The first-order chi connectivity index (χ1) is 16.2. The molecule has 0 saturated carbocycles. The zero-order chi connectivity index (χ0) is 25.3. The zero-order valence-electron chi connectivity index (χ0n) is 21.3. The van der Waals surface area contributed by atoms with Crippen molar-refractivity contribution < 1.29 is 14.9 Å². The van der Waals surface area contributed by atoms with E-state index in [4.69, 9.17) is 14.9 Å². The fraction of sp³-hybridized carbons (Fsp3) is 0.333. The van der Waals surface area contributed by atoms with E-state index in [1.807, 2.05) is 114 Å². The van der Waals surface area contributed by atoms with Crippen molar-refractivity contribution in [1.29, 1.82) is 0 Å². The van der Waals surface area contributed by atoms with Crippen LogP contribution in [0.4, 0.5) is 0 Å². The second-order valence-corrected chi connectivity index (χ2v) is 5.96. The summed E-state index contributed by atoms with van der Waals surface area (Å²) in [6, 6.07) is 29.4. The number of aliphatic hydroxyl groups is 2. The lowest BCUT2D eigenvalue weighted by Crippen LogP contribution is -2.01. The van der Waals surface area contributed by atoms with Crippen molar-refractivity contribution in [3.05, 3.63) is 114 Å². The van der Waals surface area contributed by atoms with Crippen LogP contribution in [0.5, 0.6) is 0 Å². The molecule has 3 aromatic carbocycles. The second-order valence-electron chi connectivity index (χ2n) is 5.96. The van der Waals surface area contributed by atoms with Gasteiger partial charge in [0, 0.05) is 0 Å². The van der Waals surface area contributed by atoms with E-state index in [-0.39, 0.29) is 6.61 Å². The molecule has 1 aliphatic heterocycles. The molecule has 1 saturated heterocycles. The van der Waals surface area contributed by atoms with Gasteiger partial charge in [-0.05, 0) is 16.7 Å². The molecule has 3 nitrogen and oxygen atoms in total. The first-order valence-corrected chi connectivity index (χ1v) is 11.9. The lowest BCUT2D eigenvalue weighted by Gasteiger charge is -2.05. The monoisotopic (exact) mass is 452 g/mol. The number of aliphatic hydroxyl groups excluding tert-OH is 2. The molecule has 0 radical (unpaired) electrons. The topological polar surface area (TPSA) is 53.0 Å². The molecule has 0 aromatic heterocycles. The SMILES string of the molecule is C=Cc1ccccc1.CC.CC.CC.OC[C@@H](O)c1ccccc1.c1ccc([C@H]2CO2)cc1. The summed E-state index contributed by atoms with van der Waals surface area (Å²) in [4.78, 5) is 0. The molecule has 0 amide bonds. The molecule has 2 N–H and O–H groups in total. The smallest absolute Gasteiger partial charge is 0.106 e. The molecule has 0 aliphatic carbocycles. The summed E-state index contributed by atoms with van der Waals surface area (Å²) in [6.07, 6.45) is 1.51. The highest BCUT2D eigenvalue weighted by Gasteiger charge is 2.23. The van der Waals surface area contributed by atoms with Gasteiger partial charge in [-0.3, -0.25) is 0 Å². The molecule has 0 spiro atoms. The lowest BCUT2D eigenvalue weighted by atomic mass is 10.1. The Labute approximate surface area is 202 Å². The molecule has 0 unspecified atom stereocenters. The number of epoxide rings is 1. The molecule has 1 heterocycles. The molecule has 1 fully saturated rings. The maximum absolute atomic E-state index is 9.08. The summed E-state index contributed by atoms with van der Waals surface area (Å²) < 4.78 is 5.09. The number of rotatable bonds is 4. The quantitative estimate of drug-likeness (QED) is 0.396. The van der Waals surface area contributed by atoms with Gasteiger partial charge in [-0.15, -0.1) is 0 Å². The van der Waals surface area contributed by atoms with Crippen LogP contribution in [-0.4, -0.2) is 23.4 Å². The van der Waals surface area contributed by atoms with Crippen LogP contribution >= 0.6 is 0 Å². The molecule has 4 rings (SSSR count). The van der Waals surface area contributed by atoms with Gasteiger partial charge in [-0.1, -0.05) is 145 Å². The van der Waals surface area contributed by atoms with E-state index in [9.17, 15) is 0 Å². The maximum Gasteiger partial charge on any atom is 0.106 e. The molecule has 0 bridgehead atoms. The lowest BCUT2D eigenvalue weighted by molar-refractivity contribution is 0.0956. The predicted molar refractivity (Wildman–Crippen MR) is 144 cm³/mol. The summed E-state index contributed by atoms with van der Waals surface area (Å²) in [5.74, 6) is 0. The van der Waals surface area contributed by atoms with Gasteiger partial charge in [-0.2, -0.15) is 0 Å². The highest BCUT2D eigenvalue weighted by molar-refractivity contribution is 5.45. The Bertz CT molecular complexity index is 754. The van der Waals surface area contributed by atoms with Gasteiger partial charge in [0.05, 0.1) is 13.2 Å². The van der Waals surface area contributed by atoms with Gasteiger partial charge in [0.1, 0.15) is 12.2 Å². The molecule has 3 aromatic rings. The minimum absolute atomic E-state index is 0.218.